The molecule has 1 aromatic rings. The number of nitrogens with one attached hydrogen (secondary N) is 1. The van der Waals surface area contributed by atoms with Gasteiger partial charge < -0.3 is 10.2 Å². The molecule has 110 valence electrons. The van der Waals surface area contributed by atoms with Crippen LogP contribution in [-0.2, 0) is 11.3 Å². The molecule has 6 nitrogen and oxygen atoms in total. The molecule has 2 atom stereocenters. The summed E-state index contributed by atoms with van der Waals surface area (Å²) in [6.07, 6.45) is 9.95. The number of nitrogens with zero attached hydrogens (tertiary/aromatic N) is 4. The van der Waals surface area contributed by atoms with Crippen molar-refractivity contribution in [3.63, 3.8) is 0 Å². The van der Waals surface area contributed by atoms with Crippen LogP contribution in [0.3, 0.4) is 0 Å². The van der Waals surface area contributed by atoms with Crippen molar-refractivity contribution in [3.8, 4) is 0 Å². The Kier molecular flexibility index (Phi) is 4.30. The Labute approximate surface area is 119 Å². The summed E-state index contributed by atoms with van der Waals surface area (Å²) in [5.41, 5.74) is 0. The molecule has 3 heterocycles. The lowest BCUT2D eigenvalue weighted by Gasteiger charge is -2.39. The van der Waals surface area contributed by atoms with Crippen LogP contribution in [0.5, 0.6) is 0 Å². The molecule has 1 N–H and O–H groups in total. The highest BCUT2D eigenvalue weighted by atomic mass is 16.2. The van der Waals surface area contributed by atoms with Gasteiger partial charge in [0.2, 0.25) is 5.91 Å². The van der Waals surface area contributed by atoms with E-state index < -0.39 is 0 Å². The van der Waals surface area contributed by atoms with Gasteiger partial charge in [-0.3, -0.25) is 9.48 Å². The van der Waals surface area contributed by atoms with Gasteiger partial charge >= 0.3 is 0 Å². The first-order chi connectivity index (χ1) is 9.84. The second-order valence-corrected chi connectivity index (χ2v) is 5.77. The topological polar surface area (TPSA) is 63.1 Å². The molecule has 1 aromatic heterocycles. The van der Waals surface area contributed by atoms with Gasteiger partial charge in [-0.15, -0.1) is 5.10 Å². The molecular weight excluding hydrogens is 254 g/mol. The van der Waals surface area contributed by atoms with Gasteiger partial charge in [-0.1, -0.05) is 5.21 Å². The molecule has 20 heavy (non-hydrogen) atoms. The van der Waals surface area contributed by atoms with Crippen molar-refractivity contribution in [1.29, 1.82) is 0 Å². The van der Waals surface area contributed by atoms with Gasteiger partial charge in [-0.05, 0) is 38.6 Å². The summed E-state index contributed by atoms with van der Waals surface area (Å²) < 4.78 is 1.73. The monoisotopic (exact) mass is 277 g/mol. The molecule has 0 bridgehead atoms. The van der Waals surface area contributed by atoms with Crippen molar-refractivity contribution in [2.45, 2.75) is 57.2 Å². The van der Waals surface area contributed by atoms with Crippen LogP contribution < -0.4 is 5.32 Å². The minimum absolute atomic E-state index is 0.263. The minimum Gasteiger partial charge on any atom is -0.338 e. The average molecular weight is 277 g/mol. The zero-order valence-corrected chi connectivity index (χ0v) is 11.9. The quantitative estimate of drug-likeness (QED) is 0.884. The number of aromatic nitrogens is 3. The highest BCUT2D eigenvalue weighted by Gasteiger charge is 2.33. The molecular formula is C14H23N5O. The molecule has 1 amide bonds. The average Bonchev–Trinajstić information content (AvgIpc) is 3.18. The van der Waals surface area contributed by atoms with Crippen LogP contribution in [0.4, 0.5) is 0 Å². The number of rotatable bonds is 4. The Balaban J connectivity index is 1.58. The highest BCUT2D eigenvalue weighted by Crippen LogP contribution is 2.24. The fourth-order valence-electron chi connectivity index (χ4n) is 3.43. The molecule has 0 spiro atoms. The van der Waals surface area contributed by atoms with Crippen molar-refractivity contribution in [3.05, 3.63) is 12.4 Å². The van der Waals surface area contributed by atoms with Gasteiger partial charge in [-0.25, -0.2) is 0 Å². The van der Waals surface area contributed by atoms with Crippen molar-refractivity contribution in [2.75, 3.05) is 13.1 Å². The Hall–Kier alpha value is -1.43. The number of carbonyl (C=O) groups excluding carboxylic acids is 1. The zero-order valence-electron chi connectivity index (χ0n) is 11.9. The summed E-state index contributed by atoms with van der Waals surface area (Å²) in [7, 11) is 0. The van der Waals surface area contributed by atoms with E-state index in [1.165, 1.54) is 19.3 Å². The van der Waals surface area contributed by atoms with E-state index in [-0.39, 0.29) is 5.91 Å². The summed E-state index contributed by atoms with van der Waals surface area (Å²) in [4.78, 5) is 14.6. The maximum Gasteiger partial charge on any atom is 0.224 e. The molecule has 0 aliphatic carbocycles. The van der Waals surface area contributed by atoms with Gasteiger partial charge in [0.05, 0.1) is 12.7 Å². The van der Waals surface area contributed by atoms with Crippen molar-refractivity contribution < 1.29 is 4.79 Å². The summed E-state index contributed by atoms with van der Waals surface area (Å²) in [6, 6.07) is 0.903. The van der Waals surface area contributed by atoms with Crippen molar-refractivity contribution >= 4 is 5.91 Å². The summed E-state index contributed by atoms with van der Waals surface area (Å²) in [5, 5.41) is 11.2. The van der Waals surface area contributed by atoms with E-state index in [4.69, 9.17) is 0 Å². The maximum absolute atomic E-state index is 12.5. The molecule has 2 unspecified atom stereocenters. The second kappa shape index (κ2) is 6.35. The normalized spacial score (nSPS) is 26.9. The van der Waals surface area contributed by atoms with Crippen LogP contribution in [0, 0.1) is 0 Å². The van der Waals surface area contributed by atoms with E-state index in [1.54, 1.807) is 17.1 Å². The fraction of sp³-hybridized carbons (Fsp3) is 0.786. The first-order valence-corrected chi connectivity index (χ1v) is 7.71. The zero-order chi connectivity index (χ0) is 13.8. The molecule has 0 radical (unpaired) electrons. The Bertz CT molecular complexity index is 427. The first kappa shape index (κ1) is 13.5. The number of aryl methyl sites for hydroxylation is 1. The fourth-order valence-corrected chi connectivity index (χ4v) is 3.43. The van der Waals surface area contributed by atoms with Crippen LogP contribution in [0.25, 0.3) is 0 Å². The number of likely N-dealkylation sites (tertiary alicyclic amines) is 1. The molecule has 6 heteroatoms. The van der Waals surface area contributed by atoms with E-state index in [1.807, 2.05) is 0 Å². The van der Waals surface area contributed by atoms with Gasteiger partial charge in [0.25, 0.3) is 0 Å². The lowest BCUT2D eigenvalue weighted by atomic mass is 9.94. The summed E-state index contributed by atoms with van der Waals surface area (Å²) in [6.45, 7) is 2.64. The third-order valence-corrected chi connectivity index (χ3v) is 4.46. The lowest BCUT2D eigenvalue weighted by molar-refractivity contribution is -0.135. The maximum atomic E-state index is 12.5. The van der Waals surface area contributed by atoms with Gasteiger partial charge in [-0.2, -0.15) is 0 Å². The first-order valence-electron chi connectivity index (χ1n) is 7.71. The lowest BCUT2D eigenvalue weighted by Crippen LogP contribution is -2.52. The molecule has 3 rings (SSSR count). The predicted octanol–water partition coefficient (Wildman–Crippen LogP) is 0.801. The van der Waals surface area contributed by atoms with Crippen LogP contribution in [0.15, 0.2) is 12.4 Å². The largest absolute Gasteiger partial charge is 0.338 e. The standard InChI is InChI=1S/C14H23N5O/c20-14(6-10-18-11-8-16-17-18)19-9-2-1-5-13(19)12-4-3-7-15-12/h8,11-13,15H,1-7,9-10H2. The molecule has 0 aromatic carbocycles. The van der Waals surface area contributed by atoms with Gasteiger partial charge in [0, 0.05) is 31.2 Å². The van der Waals surface area contributed by atoms with Gasteiger partial charge in [0.15, 0.2) is 0 Å². The molecule has 0 saturated carbocycles. The van der Waals surface area contributed by atoms with Crippen molar-refractivity contribution in [1.82, 2.24) is 25.2 Å². The molecule has 2 saturated heterocycles. The SMILES string of the molecule is O=C(CCn1ccnn1)N1CCCCC1C1CCCN1. The Morgan fingerprint density at radius 3 is 3.00 bits per heavy atom. The van der Waals surface area contributed by atoms with E-state index in [0.717, 1.165) is 25.9 Å². The van der Waals surface area contributed by atoms with E-state index in [9.17, 15) is 4.79 Å². The van der Waals surface area contributed by atoms with Crippen LogP contribution in [0.1, 0.15) is 38.5 Å². The Morgan fingerprint density at radius 2 is 2.25 bits per heavy atom. The third kappa shape index (κ3) is 3.00. The van der Waals surface area contributed by atoms with Gasteiger partial charge in [0.1, 0.15) is 0 Å². The number of amides is 1. The number of piperidine rings is 1. The number of hydrogen-bond donors (Lipinski definition) is 1. The number of carbonyl (C=O) groups is 1. The summed E-state index contributed by atoms with van der Waals surface area (Å²) >= 11 is 0. The molecule has 2 aliphatic heterocycles. The van der Waals surface area contributed by atoms with E-state index >= 15 is 0 Å². The second-order valence-electron chi connectivity index (χ2n) is 5.77. The highest BCUT2D eigenvalue weighted by molar-refractivity contribution is 5.76. The van der Waals surface area contributed by atoms with E-state index in [0.29, 0.717) is 25.0 Å². The molecule has 2 fully saturated rings. The third-order valence-electron chi connectivity index (χ3n) is 4.46. The van der Waals surface area contributed by atoms with Crippen LogP contribution in [0.2, 0.25) is 0 Å². The number of hydrogen-bond acceptors (Lipinski definition) is 4. The Morgan fingerprint density at radius 1 is 1.30 bits per heavy atom. The summed E-state index contributed by atoms with van der Waals surface area (Å²) in [5.74, 6) is 0.263. The van der Waals surface area contributed by atoms with Crippen LogP contribution >= 0.6 is 0 Å². The van der Waals surface area contributed by atoms with E-state index in [2.05, 4.69) is 20.5 Å². The smallest absolute Gasteiger partial charge is 0.224 e. The van der Waals surface area contributed by atoms with Crippen LogP contribution in [-0.4, -0.2) is 51.0 Å². The minimum atomic E-state index is 0.263. The van der Waals surface area contributed by atoms with Crippen molar-refractivity contribution in [2.24, 2.45) is 0 Å². The predicted molar refractivity (Wildman–Crippen MR) is 75.0 cm³/mol. The molecule has 2 aliphatic rings.